The quantitative estimate of drug-likeness (QED) is 0.179. The molecule has 4 rings (SSSR count). The monoisotopic (exact) mass is 679 g/mol. The van der Waals surface area contributed by atoms with Crippen LogP contribution in [0.1, 0.15) is 43.0 Å². The van der Waals surface area contributed by atoms with Crippen LogP contribution in [0, 0.1) is 13.8 Å². The van der Waals surface area contributed by atoms with Crippen molar-refractivity contribution in [1.29, 1.82) is 0 Å². The van der Waals surface area contributed by atoms with Crippen LogP contribution in [0.2, 0.25) is 10.0 Å². The second kappa shape index (κ2) is 14.7. The zero-order valence-corrected chi connectivity index (χ0v) is 29.0. The second-order valence-electron chi connectivity index (χ2n) is 12.4. The average Bonchev–Trinajstić information content (AvgIpc) is 2.99. The maximum atomic E-state index is 14.6. The van der Waals surface area contributed by atoms with E-state index in [2.05, 4.69) is 5.32 Å². The van der Waals surface area contributed by atoms with Gasteiger partial charge < -0.3 is 10.2 Å². The van der Waals surface area contributed by atoms with Gasteiger partial charge in [0.05, 0.1) is 10.6 Å². The van der Waals surface area contributed by atoms with Gasteiger partial charge in [0.1, 0.15) is 12.6 Å². The van der Waals surface area contributed by atoms with Gasteiger partial charge >= 0.3 is 0 Å². The lowest BCUT2D eigenvalue weighted by Crippen LogP contribution is -2.56. The van der Waals surface area contributed by atoms with Gasteiger partial charge in [0.25, 0.3) is 10.0 Å². The first kappa shape index (κ1) is 35.0. The number of hydrogen-bond acceptors (Lipinski definition) is 4. The van der Waals surface area contributed by atoms with E-state index in [1.807, 2.05) is 71.0 Å². The maximum absolute atomic E-state index is 14.6. The molecule has 0 fully saturated rings. The SMILES string of the molecule is Cc1ccc(S(=O)(=O)N(CC(=O)N(Cc2cccc(Cl)c2)C(Cc2ccccc2)C(=O)NC(C)(C)C)c2ccc(C)c(Cl)c2)cc1. The van der Waals surface area contributed by atoms with Crippen LogP contribution in [0.25, 0.3) is 0 Å². The number of amides is 2. The molecule has 1 N–H and O–H groups in total. The van der Waals surface area contributed by atoms with Crippen LogP contribution < -0.4 is 9.62 Å². The second-order valence-corrected chi connectivity index (χ2v) is 15.1. The summed E-state index contributed by atoms with van der Waals surface area (Å²) >= 11 is 12.8. The number of benzene rings is 4. The normalized spacial score (nSPS) is 12.3. The third-order valence-corrected chi connectivity index (χ3v) is 9.77. The molecular weight excluding hydrogens is 641 g/mol. The molecule has 0 saturated carbocycles. The lowest BCUT2D eigenvalue weighted by atomic mass is 10.0. The predicted molar refractivity (Wildman–Crippen MR) is 186 cm³/mol. The minimum atomic E-state index is -4.24. The molecule has 0 aliphatic rings. The first-order valence-electron chi connectivity index (χ1n) is 14.9. The van der Waals surface area contributed by atoms with Gasteiger partial charge in [-0.2, -0.15) is 0 Å². The van der Waals surface area contributed by atoms with Crippen molar-refractivity contribution >= 4 is 50.7 Å². The first-order chi connectivity index (χ1) is 21.6. The molecule has 1 atom stereocenters. The van der Waals surface area contributed by atoms with Gasteiger partial charge in [-0.3, -0.25) is 13.9 Å². The summed E-state index contributed by atoms with van der Waals surface area (Å²) < 4.78 is 29.5. The number of nitrogens with one attached hydrogen (secondary N) is 1. The Hall–Kier alpha value is -3.85. The summed E-state index contributed by atoms with van der Waals surface area (Å²) in [5, 5.41) is 3.86. The molecule has 0 aromatic heterocycles. The third-order valence-electron chi connectivity index (χ3n) is 7.34. The molecule has 0 bridgehead atoms. The molecule has 0 aliphatic carbocycles. The van der Waals surface area contributed by atoms with E-state index >= 15 is 0 Å². The Morgan fingerprint density at radius 2 is 1.48 bits per heavy atom. The van der Waals surface area contributed by atoms with Crippen molar-refractivity contribution in [2.24, 2.45) is 0 Å². The number of rotatable bonds is 11. The van der Waals surface area contributed by atoms with Crippen LogP contribution in [0.4, 0.5) is 5.69 Å². The Morgan fingerprint density at radius 3 is 2.09 bits per heavy atom. The zero-order chi connectivity index (χ0) is 33.6. The highest BCUT2D eigenvalue weighted by Gasteiger charge is 2.35. The summed E-state index contributed by atoms with van der Waals surface area (Å²) in [6, 6.07) is 26.7. The number of anilines is 1. The minimum absolute atomic E-state index is 0.0154. The average molecular weight is 681 g/mol. The maximum Gasteiger partial charge on any atom is 0.264 e. The number of aryl methyl sites for hydroxylation is 2. The highest BCUT2D eigenvalue weighted by Crippen LogP contribution is 2.29. The van der Waals surface area contributed by atoms with Crippen LogP contribution in [-0.2, 0) is 32.6 Å². The number of halogens is 2. The van der Waals surface area contributed by atoms with Crippen LogP contribution in [0.15, 0.2) is 102 Å². The van der Waals surface area contributed by atoms with E-state index in [0.717, 1.165) is 21.0 Å². The van der Waals surface area contributed by atoms with Crippen molar-refractivity contribution in [2.75, 3.05) is 10.8 Å². The Morgan fingerprint density at radius 1 is 0.826 bits per heavy atom. The number of hydrogen-bond donors (Lipinski definition) is 1. The van der Waals surface area contributed by atoms with E-state index in [1.54, 1.807) is 42.5 Å². The van der Waals surface area contributed by atoms with E-state index in [0.29, 0.717) is 15.6 Å². The topological polar surface area (TPSA) is 86.8 Å². The van der Waals surface area contributed by atoms with Crippen molar-refractivity contribution in [3.05, 3.63) is 129 Å². The van der Waals surface area contributed by atoms with Crippen molar-refractivity contribution in [3.63, 3.8) is 0 Å². The number of sulfonamides is 1. The molecule has 0 radical (unpaired) electrons. The van der Waals surface area contributed by atoms with Gasteiger partial charge in [-0.15, -0.1) is 0 Å². The van der Waals surface area contributed by atoms with Crippen molar-refractivity contribution in [1.82, 2.24) is 10.2 Å². The number of nitrogens with zero attached hydrogens (tertiary/aromatic N) is 2. The highest BCUT2D eigenvalue weighted by atomic mass is 35.5. The molecule has 10 heteroatoms. The fraction of sp³-hybridized carbons (Fsp3) is 0.278. The van der Waals surface area contributed by atoms with Crippen molar-refractivity contribution < 1.29 is 18.0 Å². The Balaban J connectivity index is 1.84. The molecule has 0 spiro atoms. The molecular formula is C36H39Cl2N3O4S. The van der Waals surface area contributed by atoms with Gasteiger partial charge in [-0.05, 0) is 87.7 Å². The van der Waals surface area contributed by atoms with Crippen LogP contribution in [0.5, 0.6) is 0 Å². The fourth-order valence-corrected chi connectivity index (χ4v) is 6.74. The summed E-state index contributed by atoms with van der Waals surface area (Å²) in [6.07, 6.45) is 0.204. The van der Waals surface area contributed by atoms with Gasteiger partial charge in [0, 0.05) is 28.5 Å². The lowest BCUT2D eigenvalue weighted by molar-refractivity contribution is -0.140. The fourth-order valence-electron chi connectivity index (χ4n) is 4.94. The smallest absolute Gasteiger partial charge is 0.264 e. The summed E-state index contributed by atoms with van der Waals surface area (Å²) in [7, 11) is -4.24. The Labute approximate surface area is 282 Å². The van der Waals surface area contributed by atoms with Gasteiger partial charge in [0.15, 0.2) is 0 Å². The largest absolute Gasteiger partial charge is 0.350 e. The third kappa shape index (κ3) is 9.12. The molecule has 0 aliphatic heterocycles. The van der Waals surface area contributed by atoms with Gasteiger partial charge in [-0.1, -0.05) is 89.4 Å². The number of carbonyl (C=O) groups is 2. The Kier molecular flexibility index (Phi) is 11.2. The predicted octanol–water partition coefficient (Wildman–Crippen LogP) is 7.36. The minimum Gasteiger partial charge on any atom is -0.350 e. The van der Waals surface area contributed by atoms with Crippen LogP contribution >= 0.6 is 23.2 Å². The molecule has 4 aromatic rings. The molecule has 0 saturated heterocycles. The highest BCUT2D eigenvalue weighted by molar-refractivity contribution is 7.92. The summed E-state index contributed by atoms with van der Waals surface area (Å²) in [6.45, 7) is 8.71. The molecule has 46 heavy (non-hydrogen) atoms. The summed E-state index contributed by atoms with van der Waals surface area (Å²) in [5.74, 6) is -0.935. The van der Waals surface area contributed by atoms with E-state index in [4.69, 9.17) is 23.2 Å². The van der Waals surface area contributed by atoms with Gasteiger partial charge in [-0.25, -0.2) is 8.42 Å². The molecule has 1 unspecified atom stereocenters. The molecule has 0 heterocycles. The van der Waals surface area contributed by atoms with Crippen LogP contribution in [0.3, 0.4) is 0 Å². The first-order valence-corrected chi connectivity index (χ1v) is 17.1. The van der Waals surface area contributed by atoms with E-state index in [-0.39, 0.29) is 29.5 Å². The summed E-state index contributed by atoms with van der Waals surface area (Å²) in [4.78, 5) is 30.0. The van der Waals surface area contributed by atoms with E-state index < -0.39 is 34.1 Å². The molecule has 7 nitrogen and oxygen atoms in total. The Bertz CT molecular complexity index is 1790. The van der Waals surface area contributed by atoms with E-state index in [1.165, 1.54) is 23.1 Å². The zero-order valence-electron chi connectivity index (χ0n) is 26.6. The summed E-state index contributed by atoms with van der Waals surface area (Å²) in [5.41, 5.74) is 2.82. The van der Waals surface area contributed by atoms with Crippen molar-refractivity contribution in [2.45, 2.75) is 64.1 Å². The number of carbonyl (C=O) groups excluding carboxylic acids is 2. The van der Waals surface area contributed by atoms with Crippen molar-refractivity contribution in [3.8, 4) is 0 Å². The van der Waals surface area contributed by atoms with E-state index in [9.17, 15) is 18.0 Å². The molecule has 4 aromatic carbocycles. The molecule has 2 amide bonds. The van der Waals surface area contributed by atoms with Gasteiger partial charge in [0.2, 0.25) is 11.8 Å². The molecule has 242 valence electrons. The lowest BCUT2D eigenvalue weighted by Gasteiger charge is -2.35. The standard InChI is InChI=1S/C36H39Cl2N3O4S/c1-25-14-18-31(19-15-25)46(44,45)41(30-17-16-26(2)32(38)22-30)24-34(42)40(23-28-12-9-13-29(37)20-28)33(35(43)39-36(3,4)5)21-27-10-7-6-8-11-27/h6-20,22,33H,21,23-24H2,1-5H3,(H,39,43). The van der Waals surface area contributed by atoms with Crippen LogP contribution in [-0.4, -0.2) is 43.3 Å².